The van der Waals surface area contributed by atoms with E-state index in [2.05, 4.69) is 15.5 Å². The highest BCUT2D eigenvalue weighted by Crippen LogP contribution is 2.28. The molecule has 0 spiro atoms. The van der Waals surface area contributed by atoms with E-state index in [-0.39, 0.29) is 16.0 Å². The smallest absolute Gasteiger partial charge is 0.258 e. The van der Waals surface area contributed by atoms with Crippen molar-refractivity contribution in [1.29, 1.82) is 0 Å². The Morgan fingerprint density at radius 1 is 1.08 bits per heavy atom. The van der Waals surface area contributed by atoms with E-state index in [1.54, 1.807) is 12.1 Å². The molecule has 0 aliphatic carbocycles. The van der Waals surface area contributed by atoms with Gasteiger partial charge in [-0.25, -0.2) is 0 Å². The van der Waals surface area contributed by atoms with Gasteiger partial charge < -0.3 is 10.2 Å². The lowest BCUT2D eigenvalue weighted by molar-refractivity contribution is 0.0978. The molecule has 0 saturated carbocycles. The van der Waals surface area contributed by atoms with Gasteiger partial charge in [0.2, 0.25) is 0 Å². The predicted molar refractivity (Wildman–Crippen MR) is 108 cm³/mol. The number of amides is 1. The molecule has 2 aromatic rings. The summed E-state index contributed by atoms with van der Waals surface area (Å²) in [6, 6.07) is 12.6. The number of para-hydroxylation sites is 2. The van der Waals surface area contributed by atoms with E-state index >= 15 is 0 Å². The predicted octanol–water partition coefficient (Wildman–Crippen LogP) is 4.72. The van der Waals surface area contributed by atoms with Crippen LogP contribution in [0.4, 0.5) is 11.4 Å². The Bertz CT molecular complexity index is 807. The van der Waals surface area contributed by atoms with Gasteiger partial charge in [-0.05, 0) is 55.4 Å². The summed E-state index contributed by atoms with van der Waals surface area (Å²) in [4.78, 5) is 14.7. The normalized spacial score (nSPS) is 13.6. The molecule has 0 bridgehead atoms. The molecular formula is C18H17Cl2N3OS. The lowest BCUT2D eigenvalue weighted by atomic mass is 10.2. The molecule has 130 valence electrons. The maximum atomic E-state index is 12.3. The SMILES string of the molecule is O=C(NC(=S)Nc1ccccc1N1CCCC1)c1ccc(Cl)cc1Cl. The van der Waals surface area contributed by atoms with E-state index in [0.29, 0.717) is 10.6 Å². The molecular weight excluding hydrogens is 377 g/mol. The third-order valence-corrected chi connectivity index (χ3v) is 4.75. The van der Waals surface area contributed by atoms with Crippen LogP contribution in [0, 0.1) is 0 Å². The van der Waals surface area contributed by atoms with Gasteiger partial charge in [0.15, 0.2) is 5.11 Å². The molecule has 2 aromatic carbocycles. The summed E-state index contributed by atoms with van der Waals surface area (Å²) >= 11 is 17.2. The fraction of sp³-hybridized carbons (Fsp3) is 0.222. The van der Waals surface area contributed by atoms with Crippen LogP contribution in [0.15, 0.2) is 42.5 Å². The summed E-state index contributed by atoms with van der Waals surface area (Å²) in [6.45, 7) is 2.05. The number of halogens is 2. The molecule has 4 nitrogen and oxygen atoms in total. The molecule has 1 aliphatic heterocycles. The molecule has 1 aliphatic rings. The number of carbonyl (C=O) groups excluding carboxylic acids is 1. The van der Waals surface area contributed by atoms with Crippen molar-refractivity contribution in [2.24, 2.45) is 0 Å². The van der Waals surface area contributed by atoms with Crippen molar-refractivity contribution in [2.45, 2.75) is 12.8 Å². The Labute approximate surface area is 162 Å². The van der Waals surface area contributed by atoms with Gasteiger partial charge >= 0.3 is 0 Å². The van der Waals surface area contributed by atoms with Crippen LogP contribution in [0.1, 0.15) is 23.2 Å². The van der Waals surface area contributed by atoms with Crippen molar-refractivity contribution in [3.63, 3.8) is 0 Å². The Morgan fingerprint density at radius 3 is 2.52 bits per heavy atom. The second kappa shape index (κ2) is 8.04. The van der Waals surface area contributed by atoms with Crippen LogP contribution in [0.2, 0.25) is 10.0 Å². The molecule has 1 saturated heterocycles. The van der Waals surface area contributed by atoms with E-state index in [9.17, 15) is 4.79 Å². The van der Waals surface area contributed by atoms with Crippen molar-refractivity contribution in [2.75, 3.05) is 23.3 Å². The molecule has 1 amide bonds. The number of carbonyl (C=O) groups is 1. The Kier molecular flexibility index (Phi) is 5.78. The van der Waals surface area contributed by atoms with Gasteiger partial charge in [0.05, 0.1) is 22.0 Å². The second-order valence-electron chi connectivity index (χ2n) is 5.74. The highest BCUT2D eigenvalue weighted by atomic mass is 35.5. The Hall–Kier alpha value is -1.82. The Morgan fingerprint density at radius 2 is 1.80 bits per heavy atom. The third kappa shape index (κ3) is 4.42. The molecule has 0 radical (unpaired) electrons. The first-order valence-electron chi connectivity index (χ1n) is 7.96. The maximum Gasteiger partial charge on any atom is 0.258 e. The molecule has 1 fully saturated rings. The van der Waals surface area contributed by atoms with Crippen LogP contribution < -0.4 is 15.5 Å². The number of hydrogen-bond donors (Lipinski definition) is 2. The molecule has 2 N–H and O–H groups in total. The van der Waals surface area contributed by atoms with E-state index < -0.39 is 0 Å². The molecule has 3 rings (SSSR count). The minimum atomic E-state index is -0.377. The van der Waals surface area contributed by atoms with Crippen molar-refractivity contribution in [1.82, 2.24) is 5.32 Å². The quantitative estimate of drug-likeness (QED) is 0.740. The first-order valence-corrected chi connectivity index (χ1v) is 9.12. The largest absolute Gasteiger partial charge is 0.370 e. The molecule has 25 heavy (non-hydrogen) atoms. The topological polar surface area (TPSA) is 44.4 Å². The van der Waals surface area contributed by atoms with Gasteiger partial charge in [-0.2, -0.15) is 0 Å². The average Bonchev–Trinajstić information content (AvgIpc) is 3.09. The van der Waals surface area contributed by atoms with Crippen LogP contribution in [0.5, 0.6) is 0 Å². The average molecular weight is 394 g/mol. The van der Waals surface area contributed by atoms with Gasteiger partial charge in [-0.3, -0.25) is 10.1 Å². The monoisotopic (exact) mass is 393 g/mol. The molecule has 0 aromatic heterocycles. The van der Waals surface area contributed by atoms with Crippen molar-refractivity contribution in [3.05, 3.63) is 58.1 Å². The number of nitrogens with one attached hydrogen (secondary N) is 2. The highest BCUT2D eigenvalue weighted by molar-refractivity contribution is 7.80. The zero-order valence-corrected chi connectivity index (χ0v) is 15.7. The van der Waals surface area contributed by atoms with Crippen molar-refractivity contribution >= 4 is 57.8 Å². The lowest BCUT2D eigenvalue weighted by Gasteiger charge is -2.22. The summed E-state index contributed by atoms with van der Waals surface area (Å²) in [5, 5.41) is 6.75. The number of benzene rings is 2. The molecule has 1 heterocycles. The first kappa shape index (κ1) is 18.0. The fourth-order valence-electron chi connectivity index (χ4n) is 2.81. The van der Waals surface area contributed by atoms with E-state index in [0.717, 1.165) is 24.5 Å². The Balaban J connectivity index is 1.69. The molecule has 7 heteroatoms. The first-order chi connectivity index (χ1) is 12.0. The van der Waals surface area contributed by atoms with Gasteiger partial charge in [0, 0.05) is 18.1 Å². The number of thiocarbonyl (C=S) groups is 1. The fourth-order valence-corrected chi connectivity index (χ4v) is 3.51. The van der Waals surface area contributed by atoms with Gasteiger partial charge in [-0.1, -0.05) is 35.3 Å². The van der Waals surface area contributed by atoms with Gasteiger partial charge in [-0.15, -0.1) is 0 Å². The summed E-state index contributed by atoms with van der Waals surface area (Å²) in [5.74, 6) is -0.377. The number of anilines is 2. The minimum Gasteiger partial charge on any atom is -0.370 e. The van der Waals surface area contributed by atoms with E-state index in [1.807, 2.05) is 24.3 Å². The second-order valence-corrected chi connectivity index (χ2v) is 7.00. The summed E-state index contributed by atoms with van der Waals surface area (Å²) < 4.78 is 0. The summed E-state index contributed by atoms with van der Waals surface area (Å²) in [7, 11) is 0. The van der Waals surface area contributed by atoms with Crippen molar-refractivity contribution in [3.8, 4) is 0 Å². The zero-order chi connectivity index (χ0) is 17.8. The van der Waals surface area contributed by atoms with Crippen LogP contribution in [0.25, 0.3) is 0 Å². The van der Waals surface area contributed by atoms with Gasteiger partial charge in [0.25, 0.3) is 5.91 Å². The number of nitrogens with zero attached hydrogens (tertiary/aromatic N) is 1. The third-order valence-electron chi connectivity index (χ3n) is 4.00. The van der Waals surface area contributed by atoms with Crippen LogP contribution >= 0.6 is 35.4 Å². The zero-order valence-electron chi connectivity index (χ0n) is 13.4. The summed E-state index contributed by atoms with van der Waals surface area (Å²) in [6.07, 6.45) is 2.37. The van der Waals surface area contributed by atoms with E-state index in [1.165, 1.54) is 18.9 Å². The number of rotatable bonds is 3. The van der Waals surface area contributed by atoms with Crippen LogP contribution in [-0.4, -0.2) is 24.1 Å². The molecule has 0 atom stereocenters. The van der Waals surface area contributed by atoms with Crippen LogP contribution in [0.3, 0.4) is 0 Å². The van der Waals surface area contributed by atoms with E-state index in [4.69, 9.17) is 35.4 Å². The molecule has 0 unspecified atom stereocenters. The van der Waals surface area contributed by atoms with Crippen molar-refractivity contribution < 1.29 is 4.79 Å². The maximum absolute atomic E-state index is 12.3. The highest BCUT2D eigenvalue weighted by Gasteiger charge is 2.17. The number of hydrogen-bond acceptors (Lipinski definition) is 3. The lowest BCUT2D eigenvalue weighted by Crippen LogP contribution is -2.34. The van der Waals surface area contributed by atoms with Gasteiger partial charge in [0.1, 0.15) is 0 Å². The standard InChI is InChI=1S/C18H17Cl2N3OS/c19-12-7-8-13(14(20)11-12)17(24)22-18(25)21-15-5-1-2-6-16(15)23-9-3-4-10-23/h1-2,5-8,11H,3-4,9-10H2,(H2,21,22,24,25). The van der Waals surface area contributed by atoms with Crippen LogP contribution in [-0.2, 0) is 0 Å². The summed E-state index contributed by atoms with van der Waals surface area (Å²) in [5.41, 5.74) is 2.28. The minimum absolute atomic E-state index is 0.225.